The maximum atomic E-state index is 13.7. The fraction of sp³-hybridized carbons (Fsp3) is 0.295. The number of alkyl halides is 3. The highest BCUT2D eigenvalue weighted by Crippen LogP contribution is 2.40. The number of aryl methyl sites for hydroxylation is 1. The van der Waals surface area contributed by atoms with Crippen LogP contribution in [0.1, 0.15) is 89.8 Å². The van der Waals surface area contributed by atoms with E-state index in [1.54, 1.807) is 49.1 Å². The van der Waals surface area contributed by atoms with Gasteiger partial charge in [-0.05, 0) is 117 Å². The number of nitrogens with one attached hydrogen (secondary N) is 1. The lowest BCUT2D eigenvalue weighted by Crippen LogP contribution is -2.54. The summed E-state index contributed by atoms with van der Waals surface area (Å²) in [6, 6.07) is 23.7. The Labute approximate surface area is 343 Å². The molecule has 1 atom stereocenters. The Kier molecular flexibility index (Phi) is 11.1. The summed E-state index contributed by atoms with van der Waals surface area (Å²) < 4.78 is 47.1. The molecule has 3 heterocycles. The standard InChI is InChI=1S/C44H38F3N5O6S/c1-43(2)41(57)50(31-18-13-29(25-48)34(24-31)44(45,46)47)42(59)52(43)30-16-11-26(12-17-30)27-14-19-32(20-15-27)58-23-6-4-3-5-8-28-9-7-10-33-37(28)40(56)51(39(33)55)35-21-22-36(53)49-38(35)54/h7,9-20,24,35H,3-6,8,21-23H2,1-2H3,(H,49,53,54). The van der Waals surface area contributed by atoms with Crippen molar-refractivity contribution in [3.63, 3.8) is 0 Å². The highest BCUT2D eigenvalue weighted by Gasteiger charge is 2.51. The molecule has 0 aliphatic carbocycles. The van der Waals surface area contributed by atoms with Gasteiger partial charge in [0.25, 0.3) is 17.7 Å². The van der Waals surface area contributed by atoms with Crippen LogP contribution in [0.2, 0.25) is 0 Å². The average molecular weight is 822 g/mol. The summed E-state index contributed by atoms with van der Waals surface area (Å²) in [6.45, 7) is 3.79. The molecule has 4 aromatic rings. The predicted molar refractivity (Wildman–Crippen MR) is 215 cm³/mol. The van der Waals surface area contributed by atoms with E-state index in [4.69, 9.17) is 17.0 Å². The minimum atomic E-state index is -4.79. The Bertz CT molecular complexity index is 2430. The van der Waals surface area contributed by atoms with Crippen LogP contribution in [0.25, 0.3) is 11.1 Å². The van der Waals surface area contributed by atoms with Crippen LogP contribution in [0.15, 0.2) is 84.9 Å². The largest absolute Gasteiger partial charge is 0.494 e. The second-order valence-corrected chi connectivity index (χ2v) is 15.4. The lowest BCUT2D eigenvalue weighted by atomic mass is 9.98. The van der Waals surface area contributed by atoms with Gasteiger partial charge >= 0.3 is 6.18 Å². The third-order valence-electron chi connectivity index (χ3n) is 10.8. The number of imide groups is 2. The van der Waals surface area contributed by atoms with E-state index in [-0.39, 0.29) is 29.2 Å². The minimum absolute atomic E-state index is 0.0145. The Morgan fingerprint density at radius 1 is 0.864 bits per heavy atom. The predicted octanol–water partition coefficient (Wildman–Crippen LogP) is 7.74. The molecular formula is C44H38F3N5O6S. The summed E-state index contributed by atoms with van der Waals surface area (Å²) in [5.41, 5.74) is 0.773. The third-order valence-corrected chi connectivity index (χ3v) is 11.2. The van der Waals surface area contributed by atoms with E-state index in [9.17, 15) is 42.4 Å². The molecule has 0 aromatic heterocycles. The maximum Gasteiger partial charge on any atom is 0.417 e. The molecule has 59 heavy (non-hydrogen) atoms. The van der Waals surface area contributed by atoms with Gasteiger partial charge in [-0.2, -0.15) is 18.4 Å². The van der Waals surface area contributed by atoms with Crippen molar-refractivity contribution in [1.29, 1.82) is 5.26 Å². The topological polar surface area (TPSA) is 140 Å². The molecule has 2 saturated heterocycles. The molecule has 5 amide bonds. The van der Waals surface area contributed by atoms with Crippen molar-refractivity contribution in [3.8, 4) is 22.9 Å². The number of nitriles is 1. The lowest BCUT2D eigenvalue weighted by molar-refractivity contribution is -0.138. The van der Waals surface area contributed by atoms with E-state index in [1.807, 2.05) is 42.5 Å². The highest BCUT2D eigenvalue weighted by molar-refractivity contribution is 7.81. The normalized spacial score (nSPS) is 17.7. The first-order valence-corrected chi connectivity index (χ1v) is 19.5. The first-order valence-electron chi connectivity index (χ1n) is 19.1. The molecule has 302 valence electrons. The number of ether oxygens (including phenoxy) is 1. The number of carbonyl (C=O) groups is 5. The van der Waals surface area contributed by atoms with Crippen LogP contribution >= 0.6 is 12.2 Å². The van der Waals surface area contributed by atoms with Crippen LogP contribution in [0.3, 0.4) is 0 Å². The number of piperidine rings is 1. The molecule has 15 heteroatoms. The Hall–Kier alpha value is -6.40. The number of anilines is 2. The maximum absolute atomic E-state index is 13.7. The van der Waals surface area contributed by atoms with E-state index in [2.05, 4.69) is 5.32 Å². The van der Waals surface area contributed by atoms with Gasteiger partial charge in [0.1, 0.15) is 17.3 Å². The van der Waals surface area contributed by atoms with Gasteiger partial charge in [-0.3, -0.25) is 39.1 Å². The fourth-order valence-electron chi connectivity index (χ4n) is 7.76. The summed E-state index contributed by atoms with van der Waals surface area (Å²) in [7, 11) is 0. The number of carbonyl (C=O) groups excluding carboxylic acids is 5. The van der Waals surface area contributed by atoms with Crippen molar-refractivity contribution in [2.45, 2.75) is 76.6 Å². The van der Waals surface area contributed by atoms with Crippen molar-refractivity contribution in [3.05, 3.63) is 113 Å². The number of rotatable bonds is 12. The number of hydrogen-bond acceptors (Lipinski definition) is 8. The smallest absolute Gasteiger partial charge is 0.417 e. The first kappa shape index (κ1) is 40.8. The number of unbranched alkanes of at least 4 members (excludes halogenated alkanes) is 3. The van der Waals surface area contributed by atoms with Crippen molar-refractivity contribution >= 4 is 58.2 Å². The van der Waals surface area contributed by atoms with Crippen LogP contribution in [-0.4, -0.2) is 57.7 Å². The van der Waals surface area contributed by atoms with Gasteiger partial charge in [0, 0.05) is 12.1 Å². The number of nitrogens with zero attached hydrogens (tertiary/aromatic N) is 4. The third kappa shape index (κ3) is 7.80. The van der Waals surface area contributed by atoms with Gasteiger partial charge < -0.3 is 9.64 Å². The number of hydrogen-bond donors (Lipinski definition) is 1. The average Bonchev–Trinajstić information content (AvgIpc) is 3.56. The summed E-state index contributed by atoms with van der Waals surface area (Å²) in [6.07, 6.45) is -0.663. The second-order valence-electron chi connectivity index (χ2n) is 15.0. The van der Waals surface area contributed by atoms with Crippen molar-refractivity contribution < 1.29 is 41.9 Å². The van der Waals surface area contributed by atoms with Gasteiger partial charge in [-0.15, -0.1) is 0 Å². The molecule has 0 radical (unpaired) electrons. The number of halogens is 3. The first-order chi connectivity index (χ1) is 28.1. The number of amides is 5. The Balaban J connectivity index is 0.897. The molecule has 7 rings (SSSR count). The molecule has 4 aromatic carbocycles. The number of fused-ring (bicyclic) bond motifs is 1. The van der Waals surface area contributed by atoms with E-state index < -0.39 is 58.4 Å². The zero-order valence-electron chi connectivity index (χ0n) is 32.1. The number of thiocarbonyl (C=S) groups is 1. The number of benzene rings is 4. The van der Waals surface area contributed by atoms with Gasteiger partial charge in [0.15, 0.2) is 5.11 Å². The molecule has 0 spiro atoms. The Morgan fingerprint density at radius 2 is 1.53 bits per heavy atom. The summed E-state index contributed by atoms with van der Waals surface area (Å²) in [5, 5.41) is 11.4. The monoisotopic (exact) mass is 821 g/mol. The SMILES string of the molecule is CC1(C)C(=O)N(c2ccc(C#N)c(C(F)(F)F)c2)C(=S)N1c1ccc(-c2ccc(OCCCCCCc3cccc4c3C(=O)N(C3CCC(=O)NC3=O)C4=O)cc2)cc1. The van der Waals surface area contributed by atoms with Crippen LogP contribution in [0.4, 0.5) is 24.5 Å². The van der Waals surface area contributed by atoms with E-state index in [0.717, 1.165) is 64.3 Å². The van der Waals surface area contributed by atoms with E-state index >= 15 is 0 Å². The molecule has 3 aliphatic heterocycles. The molecule has 0 saturated carbocycles. The zero-order valence-corrected chi connectivity index (χ0v) is 32.9. The quantitative estimate of drug-likeness (QED) is 0.0864. The fourth-order valence-corrected chi connectivity index (χ4v) is 8.28. The summed E-state index contributed by atoms with van der Waals surface area (Å²) >= 11 is 5.66. The summed E-state index contributed by atoms with van der Waals surface area (Å²) in [5.74, 6) is -1.86. The highest BCUT2D eigenvalue weighted by atomic mass is 32.1. The van der Waals surface area contributed by atoms with Gasteiger partial charge in [-0.25, -0.2) is 0 Å². The molecule has 0 bridgehead atoms. The van der Waals surface area contributed by atoms with Crippen molar-refractivity contribution in [2.75, 3.05) is 16.4 Å². The van der Waals surface area contributed by atoms with Crippen LogP contribution < -0.4 is 19.9 Å². The van der Waals surface area contributed by atoms with Crippen LogP contribution in [0.5, 0.6) is 5.75 Å². The van der Waals surface area contributed by atoms with Crippen molar-refractivity contribution in [1.82, 2.24) is 10.2 Å². The molecule has 1 unspecified atom stereocenters. The van der Waals surface area contributed by atoms with Crippen molar-refractivity contribution in [2.24, 2.45) is 0 Å². The minimum Gasteiger partial charge on any atom is -0.494 e. The molecule has 1 N–H and O–H groups in total. The Morgan fingerprint density at radius 3 is 2.19 bits per heavy atom. The van der Waals surface area contributed by atoms with E-state index in [1.165, 1.54) is 6.07 Å². The van der Waals surface area contributed by atoms with Crippen LogP contribution in [0, 0.1) is 11.3 Å². The van der Waals surface area contributed by atoms with Gasteiger partial charge in [0.2, 0.25) is 11.8 Å². The van der Waals surface area contributed by atoms with Gasteiger partial charge in [0.05, 0.1) is 40.6 Å². The lowest BCUT2D eigenvalue weighted by Gasteiger charge is -2.29. The van der Waals surface area contributed by atoms with E-state index in [0.29, 0.717) is 30.0 Å². The molecule has 3 aliphatic rings. The van der Waals surface area contributed by atoms with Gasteiger partial charge in [-0.1, -0.05) is 49.2 Å². The molecule has 2 fully saturated rings. The zero-order chi connectivity index (χ0) is 42.2. The molecule has 11 nitrogen and oxygen atoms in total. The van der Waals surface area contributed by atoms with Crippen LogP contribution in [-0.2, 0) is 27.0 Å². The molecular weight excluding hydrogens is 784 g/mol. The summed E-state index contributed by atoms with van der Waals surface area (Å²) in [4.78, 5) is 67.7. The second kappa shape index (κ2) is 16.1.